The van der Waals surface area contributed by atoms with Crippen LogP contribution in [0.2, 0.25) is 0 Å². The van der Waals surface area contributed by atoms with Gasteiger partial charge >= 0.3 is 0 Å². The van der Waals surface area contributed by atoms with Gasteiger partial charge in [-0.25, -0.2) is 4.39 Å². The van der Waals surface area contributed by atoms with Crippen LogP contribution in [0.5, 0.6) is 0 Å². The van der Waals surface area contributed by atoms with E-state index in [0.717, 1.165) is 10.2 Å². The summed E-state index contributed by atoms with van der Waals surface area (Å²) < 4.78 is 13.6. The van der Waals surface area contributed by atoms with Gasteiger partial charge in [0.05, 0.1) is 5.69 Å². The summed E-state index contributed by atoms with van der Waals surface area (Å²) in [5.74, 6) is -0.221. The van der Waals surface area contributed by atoms with Crippen LogP contribution in [0.1, 0.15) is 13.8 Å². The Labute approximate surface area is 80.1 Å². The summed E-state index contributed by atoms with van der Waals surface area (Å²) in [6, 6.07) is 4.91. The van der Waals surface area contributed by atoms with Gasteiger partial charge < -0.3 is 5.32 Å². The smallest absolute Gasteiger partial charge is 0.125 e. The van der Waals surface area contributed by atoms with Gasteiger partial charge in [-0.15, -0.1) is 0 Å². The van der Waals surface area contributed by atoms with Crippen molar-refractivity contribution >= 4 is 21.6 Å². The molecule has 0 saturated carbocycles. The lowest BCUT2D eigenvalue weighted by molar-refractivity contribution is 0.627. The highest BCUT2D eigenvalue weighted by Crippen LogP contribution is 2.23. The van der Waals surface area contributed by atoms with E-state index in [2.05, 4.69) is 21.2 Å². The minimum atomic E-state index is -0.221. The third-order valence-electron chi connectivity index (χ3n) is 1.37. The minimum absolute atomic E-state index is 0.221. The van der Waals surface area contributed by atoms with Gasteiger partial charge in [0.2, 0.25) is 0 Å². The van der Waals surface area contributed by atoms with Crippen molar-refractivity contribution in [2.24, 2.45) is 0 Å². The van der Waals surface area contributed by atoms with Gasteiger partial charge in [-0.2, -0.15) is 0 Å². The zero-order chi connectivity index (χ0) is 9.14. The molecule has 0 aliphatic rings. The first-order valence-corrected chi connectivity index (χ1v) is 4.60. The van der Waals surface area contributed by atoms with Crippen molar-refractivity contribution in [3.63, 3.8) is 0 Å². The molecular weight excluding hydrogens is 221 g/mol. The molecule has 0 unspecified atom stereocenters. The maximum atomic E-state index is 12.7. The molecule has 1 aromatic carbocycles. The lowest BCUT2D eigenvalue weighted by Gasteiger charge is -2.11. The highest BCUT2D eigenvalue weighted by Gasteiger charge is 2.01. The zero-order valence-corrected chi connectivity index (χ0v) is 8.65. The number of nitrogens with one attached hydrogen (secondary N) is 1. The third kappa shape index (κ3) is 2.48. The van der Waals surface area contributed by atoms with Crippen LogP contribution in [-0.4, -0.2) is 6.04 Å². The molecule has 0 amide bonds. The number of benzene rings is 1. The molecule has 1 aromatic rings. The summed E-state index contributed by atoms with van der Waals surface area (Å²) in [7, 11) is 0. The van der Waals surface area contributed by atoms with E-state index in [4.69, 9.17) is 0 Å². The van der Waals surface area contributed by atoms with Gasteiger partial charge in [-0.3, -0.25) is 0 Å². The molecule has 0 radical (unpaired) electrons. The van der Waals surface area contributed by atoms with E-state index in [0.29, 0.717) is 6.04 Å². The van der Waals surface area contributed by atoms with Gasteiger partial charge in [-0.05, 0) is 48.0 Å². The molecular formula is C9H11BrFN. The van der Waals surface area contributed by atoms with Gasteiger partial charge in [-0.1, -0.05) is 0 Å². The quantitative estimate of drug-likeness (QED) is 0.823. The fourth-order valence-electron chi connectivity index (χ4n) is 0.919. The fraction of sp³-hybridized carbons (Fsp3) is 0.333. The Kier molecular flexibility index (Phi) is 3.09. The summed E-state index contributed by atoms with van der Waals surface area (Å²) in [6.45, 7) is 4.02. The predicted octanol–water partition coefficient (Wildman–Crippen LogP) is 3.41. The lowest BCUT2D eigenvalue weighted by Crippen LogP contribution is -2.10. The van der Waals surface area contributed by atoms with E-state index in [1.807, 2.05) is 13.8 Å². The van der Waals surface area contributed by atoms with Crippen LogP contribution >= 0.6 is 15.9 Å². The highest BCUT2D eigenvalue weighted by atomic mass is 79.9. The van der Waals surface area contributed by atoms with Crippen molar-refractivity contribution in [1.29, 1.82) is 0 Å². The van der Waals surface area contributed by atoms with Gasteiger partial charge in [0.25, 0.3) is 0 Å². The van der Waals surface area contributed by atoms with Crippen LogP contribution < -0.4 is 5.32 Å². The van der Waals surface area contributed by atoms with E-state index < -0.39 is 0 Å². The molecule has 0 saturated heterocycles. The predicted molar refractivity (Wildman–Crippen MR) is 52.9 cm³/mol. The van der Waals surface area contributed by atoms with Crippen molar-refractivity contribution in [2.75, 3.05) is 5.32 Å². The molecule has 1 rings (SSSR count). The maximum Gasteiger partial charge on any atom is 0.125 e. The number of hydrogen-bond donors (Lipinski definition) is 1. The molecule has 0 bridgehead atoms. The second kappa shape index (κ2) is 3.90. The molecule has 0 aliphatic carbocycles. The monoisotopic (exact) mass is 231 g/mol. The Bertz CT molecular complexity index is 273. The van der Waals surface area contributed by atoms with Gasteiger partial charge in [0, 0.05) is 10.5 Å². The van der Waals surface area contributed by atoms with Crippen molar-refractivity contribution < 1.29 is 4.39 Å². The Morgan fingerprint density at radius 2 is 2.08 bits per heavy atom. The first-order valence-electron chi connectivity index (χ1n) is 3.81. The first-order chi connectivity index (χ1) is 5.59. The molecule has 0 heterocycles. The summed E-state index contributed by atoms with van der Waals surface area (Å²) in [5.41, 5.74) is 0.796. The molecule has 0 aromatic heterocycles. The summed E-state index contributed by atoms with van der Waals surface area (Å²) >= 11 is 3.33. The van der Waals surface area contributed by atoms with Crippen LogP contribution in [0.15, 0.2) is 22.7 Å². The zero-order valence-electron chi connectivity index (χ0n) is 7.07. The average molecular weight is 232 g/mol. The molecule has 0 fully saturated rings. The largest absolute Gasteiger partial charge is 0.382 e. The molecule has 1 N–H and O–H groups in total. The SMILES string of the molecule is CC(C)Nc1cc(F)ccc1Br. The second-order valence-electron chi connectivity index (χ2n) is 2.92. The molecule has 0 aliphatic heterocycles. The van der Waals surface area contributed by atoms with Crippen molar-refractivity contribution in [3.05, 3.63) is 28.5 Å². The Hall–Kier alpha value is -0.570. The number of halogens is 2. The summed E-state index contributed by atoms with van der Waals surface area (Å²) in [5, 5.41) is 3.13. The van der Waals surface area contributed by atoms with E-state index in [1.54, 1.807) is 6.07 Å². The standard InChI is InChI=1S/C9H11BrFN/c1-6(2)12-9-5-7(11)3-4-8(9)10/h3-6,12H,1-2H3. The molecule has 0 spiro atoms. The molecule has 0 atom stereocenters. The summed E-state index contributed by atoms with van der Waals surface area (Å²) in [6.07, 6.45) is 0. The summed E-state index contributed by atoms with van der Waals surface area (Å²) in [4.78, 5) is 0. The van der Waals surface area contributed by atoms with E-state index in [9.17, 15) is 4.39 Å². The Balaban J connectivity index is 2.90. The van der Waals surface area contributed by atoms with Gasteiger partial charge in [0.15, 0.2) is 0 Å². The van der Waals surface area contributed by atoms with E-state index in [-0.39, 0.29) is 5.82 Å². The molecule has 1 nitrogen and oxygen atoms in total. The normalized spacial score (nSPS) is 10.4. The lowest BCUT2D eigenvalue weighted by atomic mass is 10.3. The van der Waals surface area contributed by atoms with E-state index >= 15 is 0 Å². The molecule has 66 valence electrons. The van der Waals surface area contributed by atoms with Crippen LogP contribution in [0.4, 0.5) is 10.1 Å². The van der Waals surface area contributed by atoms with Gasteiger partial charge in [0.1, 0.15) is 5.82 Å². The van der Waals surface area contributed by atoms with E-state index in [1.165, 1.54) is 12.1 Å². The highest BCUT2D eigenvalue weighted by molar-refractivity contribution is 9.10. The topological polar surface area (TPSA) is 12.0 Å². The third-order valence-corrected chi connectivity index (χ3v) is 2.06. The van der Waals surface area contributed by atoms with Crippen LogP contribution in [0.3, 0.4) is 0 Å². The van der Waals surface area contributed by atoms with Crippen LogP contribution in [-0.2, 0) is 0 Å². The maximum absolute atomic E-state index is 12.7. The second-order valence-corrected chi connectivity index (χ2v) is 3.78. The van der Waals surface area contributed by atoms with Crippen molar-refractivity contribution in [1.82, 2.24) is 0 Å². The number of hydrogen-bond acceptors (Lipinski definition) is 1. The Morgan fingerprint density at radius 1 is 1.42 bits per heavy atom. The Morgan fingerprint density at radius 3 is 2.67 bits per heavy atom. The first kappa shape index (κ1) is 9.52. The van der Waals surface area contributed by atoms with Crippen LogP contribution in [0, 0.1) is 5.82 Å². The fourth-order valence-corrected chi connectivity index (χ4v) is 1.28. The van der Waals surface area contributed by atoms with Crippen molar-refractivity contribution in [2.45, 2.75) is 19.9 Å². The van der Waals surface area contributed by atoms with Crippen molar-refractivity contribution in [3.8, 4) is 0 Å². The number of rotatable bonds is 2. The minimum Gasteiger partial charge on any atom is -0.382 e. The average Bonchev–Trinajstić information content (AvgIpc) is 1.96. The molecule has 3 heteroatoms. The number of anilines is 1. The van der Waals surface area contributed by atoms with Crippen LogP contribution in [0.25, 0.3) is 0 Å². The molecule has 12 heavy (non-hydrogen) atoms.